The van der Waals surface area contributed by atoms with E-state index in [1.54, 1.807) is 6.92 Å². The van der Waals surface area contributed by atoms with Crippen molar-refractivity contribution >= 4 is 12.1 Å². The van der Waals surface area contributed by atoms with Crippen LogP contribution in [0, 0.1) is 0 Å². The van der Waals surface area contributed by atoms with Gasteiger partial charge in [0.25, 0.3) is 0 Å². The Morgan fingerprint density at radius 1 is 1.31 bits per heavy atom. The van der Waals surface area contributed by atoms with Gasteiger partial charge in [0, 0.05) is 6.42 Å². The maximum absolute atomic E-state index is 11.4. The number of Topliss-reactive ketones (excluding diaryl/α,β-unsaturated/α-hetero) is 1. The summed E-state index contributed by atoms with van der Waals surface area (Å²) in [5.74, 6) is 0.135. The minimum absolute atomic E-state index is 0.135. The lowest BCUT2D eigenvalue weighted by Gasteiger charge is -2.26. The number of carbonyl (C=O) groups excluding carboxylic acids is 2. The zero-order chi connectivity index (χ0) is 12.0. The normalized spacial score (nSPS) is 14.1. The third-order valence-electron chi connectivity index (χ3n) is 3.13. The molecule has 0 aliphatic heterocycles. The molecule has 1 atom stereocenters. The van der Waals surface area contributed by atoms with Crippen LogP contribution in [0.25, 0.3) is 0 Å². The Hall–Kier alpha value is -1.44. The average molecular weight is 218 g/mol. The third kappa shape index (κ3) is 2.78. The molecule has 0 N–H and O–H groups in total. The highest BCUT2D eigenvalue weighted by Crippen LogP contribution is 2.30. The Kier molecular flexibility index (Phi) is 4.41. The molecule has 0 aliphatic carbocycles. The maximum atomic E-state index is 11.4. The SMILES string of the molecule is CC[C@@](C=O)(CCC(C)=O)c1ccccc1. The van der Waals surface area contributed by atoms with E-state index in [1.165, 1.54) is 0 Å². The Balaban J connectivity index is 2.96. The smallest absolute Gasteiger partial charge is 0.130 e. The number of carbonyl (C=O) groups is 2. The lowest BCUT2D eigenvalue weighted by molar-refractivity contribution is -0.118. The van der Waals surface area contributed by atoms with E-state index in [4.69, 9.17) is 0 Å². The van der Waals surface area contributed by atoms with Crippen LogP contribution in [0.4, 0.5) is 0 Å². The average Bonchev–Trinajstić information content (AvgIpc) is 2.32. The van der Waals surface area contributed by atoms with Gasteiger partial charge in [-0.3, -0.25) is 0 Å². The quantitative estimate of drug-likeness (QED) is 0.688. The number of hydrogen-bond acceptors (Lipinski definition) is 2. The first-order chi connectivity index (χ1) is 7.64. The van der Waals surface area contributed by atoms with E-state index >= 15 is 0 Å². The second-order valence-corrected chi connectivity index (χ2v) is 4.20. The van der Waals surface area contributed by atoms with Crippen molar-refractivity contribution in [3.63, 3.8) is 0 Å². The summed E-state index contributed by atoms with van der Waals surface area (Å²) in [4.78, 5) is 22.4. The molecule has 0 heterocycles. The summed E-state index contributed by atoms with van der Waals surface area (Å²) in [5, 5.41) is 0. The lowest BCUT2D eigenvalue weighted by Crippen LogP contribution is -2.27. The number of ketones is 1. The molecule has 0 unspecified atom stereocenters. The fourth-order valence-electron chi connectivity index (χ4n) is 1.90. The van der Waals surface area contributed by atoms with E-state index in [-0.39, 0.29) is 5.78 Å². The van der Waals surface area contributed by atoms with Gasteiger partial charge in [0.2, 0.25) is 0 Å². The topological polar surface area (TPSA) is 34.1 Å². The predicted molar refractivity (Wildman–Crippen MR) is 64.4 cm³/mol. The van der Waals surface area contributed by atoms with Crippen molar-refractivity contribution in [1.82, 2.24) is 0 Å². The van der Waals surface area contributed by atoms with Gasteiger partial charge in [0.1, 0.15) is 12.1 Å². The van der Waals surface area contributed by atoms with Crippen LogP contribution in [0.1, 0.15) is 38.7 Å². The summed E-state index contributed by atoms with van der Waals surface area (Å²) in [7, 11) is 0. The molecular weight excluding hydrogens is 200 g/mol. The minimum atomic E-state index is -0.493. The monoisotopic (exact) mass is 218 g/mol. The van der Waals surface area contributed by atoms with E-state index in [2.05, 4.69) is 0 Å². The van der Waals surface area contributed by atoms with Crippen LogP contribution < -0.4 is 0 Å². The first-order valence-corrected chi connectivity index (χ1v) is 5.66. The second-order valence-electron chi connectivity index (χ2n) is 4.20. The zero-order valence-electron chi connectivity index (χ0n) is 9.90. The van der Waals surface area contributed by atoms with Gasteiger partial charge in [-0.05, 0) is 25.3 Å². The Bertz CT molecular complexity index is 356. The van der Waals surface area contributed by atoms with Crippen molar-refractivity contribution in [3.8, 4) is 0 Å². The first-order valence-electron chi connectivity index (χ1n) is 5.66. The van der Waals surface area contributed by atoms with E-state index in [9.17, 15) is 9.59 Å². The molecule has 0 fully saturated rings. The van der Waals surface area contributed by atoms with Gasteiger partial charge in [0.15, 0.2) is 0 Å². The molecule has 1 aromatic carbocycles. The van der Waals surface area contributed by atoms with E-state index in [0.717, 1.165) is 18.3 Å². The van der Waals surface area contributed by atoms with Crippen molar-refractivity contribution in [2.24, 2.45) is 0 Å². The number of rotatable bonds is 6. The highest BCUT2D eigenvalue weighted by molar-refractivity contribution is 5.77. The molecule has 0 aliphatic rings. The van der Waals surface area contributed by atoms with Gasteiger partial charge in [0.05, 0.1) is 5.41 Å². The van der Waals surface area contributed by atoms with Gasteiger partial charge in [-0.2, -0.15) is 0 Å². The fraction of sp³-hybridized carbons (Fsp3) is 0.429. The minimum Gasteiger partial charge on any atom is -0.302 e. The molecule has 0 radical (unpaired) electrons. The number of benzene rings is 1. The summed E-state index contributed by atoms with van der Waals surface area (Å²) in [6.07, 6.45) is 2.78. The molecule has 0 bridgehead atoms. The molecule has 2 heteroatoms. The van der Waals surface area contributed by atoms with Crippen LogP contribution in [0.5, 0.6) is 0 Å². The molecule has 16 heavy (non-hydrogen) atoms. The lowest BCUT2D eigenvalue weighted by atomic mass is 9.75. The summed E-state index contributed by atoms with van der Waals surface area (Å²) < 4.78 is 0. The first kappa shape index (κ1) is 12.6. The van der Waals surface area contributed by atoms with Gasteiger partial charge in [-0.25, -0.2) is 0 Å². The van der Waals surface area contributed by atoms with Crippen molar-refractivity contribution in [1.29, 1.82) is 0 Å². The molecule has 1 aromatic rings. The number of hydrogen-bond donors (Lipinski definition) is 0. The highest BCUT2D eigenvalue weighted by Gasteiger charge is 2.29. The van der Waals surface area contributed by atoms with Crippen LogP contribution in [0.3, 0.4) is 0 Å². The Labute approximate surface area is 96.7 Å². The van der Waals surface area contributed by atoms with E-state index in [1.807, 2.05) is 37.3 Å². The van der Waals surface area contributed by atoms with Crippen LogP contribution >= 0.6 is 0 Å². The van der Waals surface area contributed by atoms with Crippen molar-refractivity contribution < 1.29 is 9.59 Å². The van der Waals surface area contributed by atoms with Crippen LogP contribution in [0.15, 0.2) is 30.3 Å². The number of aldehydes is 1. The van der Waals surface area contributed by atoms with Gasteiger partial charge in [-0.15, -0.1) is 0 Å². The molecule has 0 amide bonds. The van der Waals surface area contributed by atoms with Crippen molar-refractivity contribution in [2.45, 2.75) is 38.5 Å². The fourth-order valence-corrected chi connectivity index (χ4v) is 1.90. The standard InChI is InChI=1S/C14H18O2/c1-3-14(11-15,10-9-12(2)16)13-7-5-4-6-8-13/h4-8,11H,3,9-10H2,1-2H3/t14-/m0/s1. The van der Waals surface area contributed by atoms with Gasteiger partial charge < -0.3 is 9.59 Å². The maximum Gasteiger partial charge on any atom is 0.130 e. The summed E-state index contributed by atoms with van der Waals surface area (Å²) in [5.41, 5.74) is 0.515. The van der Waals surface area contributed by atoms with Gasteiger partial charge >= 0.3 is 0 Å². The molecule has 86 valence electrons. The third-order valence-corrected chi connectivity index (χ3v) is 3.13. The Morgan fingerprint density at radius 2 is 1.94 bits per heavy atom. The largest absolute Gasteiger partial charge is 0.302 e. The van der Waals surface area contributed by atoms with Crippen LogP contribution in [0.2, 0.25) is 0 Å². The molecule has 0 saturated heterocycles. The summed E-state index contributed by atoms with van der Waals surface area (Å²) >= 11 is 0. The van der Waals surface area contributed by atoms with Crippen molar-refractivity contribution in [3.05, 3.63) is 35.9 Å². The molecule has 1 rings (SSSR count). The summed E-state index contributed by atoms with van der Waals surface area (Å²) in [6, 6.07) is 9.70. The molecule has 2 nitrogen and oxygen atoms in total. The molecule has 0 aromatic heterocycles. The zero-order valence-corrected chi connectivity index (χ0v) is 9.90. The Morgan fingerprint density at radius 3 is 2.38 bits per heavy atom. The molecule has 0 saturated carbocycles. The van der Waals surface area contributed by atoms with Gasteiger partial charge in [-0.1, -0.05) is 37.3 Å². The highest BCUT2D eigenvalue weighted by atomic mass is 16.1. The van der Waals surface area contributed by atoms with Crippen LogP contribution in [-0.2, 0) is 15.0 Å². The second kappa shape index (κ2) is 5.59. The van der Waals surface area contributed by atoms with Crippen LogP contribution in [-0.4, -0.2) is 12.1 Å². The summed E-state index contributed by atoms with van der Waals surface area (Å²) in [6.45, 7) is 3.55. The molecular formula is C14H18O2. The van der Waals surface area contributed by atoms with E-state index < -0.39 is 5.41 Å². The molecule has 0 spiro atoms. The van der Waals surface area contributed by atoms with Crippen molar-refractivity contribution in [2.75, 3.05) is 0 Å². The van der Waals surface area contributed by atoms with E-state index in [0.29, 0.717) is 12.8 Å². The predicted octanol–water partition coefficient (Wildman–Crippen LogP) is 2.90.